The van der Waals surface area contributed by atoms with Gasteiger partial charge in [-0.05, 0) is 37.9 Å². The van der Waals surface area contributed by atoms with Crippen molar-refractivity contribution in [1.82, 2.24) is 10.2 Å². The maximum atomic E-state index is 3.69. The Bertz CT molecular complexity index is 327. The second-order valence-corrected chi connectivity index (χ2v) is 7.09. The van der Waals surface area contributed by atoms with Gasteiger partial charge < -0.3 is 10.2 Å². The van der Waals surface area contributed by atoms with Crippen molar-refractivity contribution in [3.63, 3.8) is 0 Å². The van der Waals surface area contributed by atoms with Crippen molar-refractivity contribution in [3.8, 4) is 0 Å². The highest BCUT2D eigenvalue weighted by Crippen LogP contribution is 2.21. The fourth-order valence-corrected chi connectivity index (χ4v) is 4.61. The lowest BCUT2D eigenvalue weighted by molar-refractivity contribution is 0.209. The van der Waals surface area contributed by atoms with Gasteiger partial charge in [-0.25, -0.2) is 0 Å². The molecule has 1 aliphatic heterocycles. The Hall–Kier alpha value is -0.0300. The zero-order chi connectivity index (χ0) is 12.8. The van der Waals surface area contributed by atoms with Crippen molar-refractivity contribution in [2.45, 2.75) is 31.8 Å². The Morgan fingerprint density at radius 3 is 3.11 bits per heavy atom. The molecule has 18 heavy (non-hydrogen) atoms. The molecule has 2 nitrogen and oxygen atoms in total. The first-order chi connectivity index (χ1) is 8.81. The molecule has 1 aliphatic rings. The molecule has 0 aliphatic carbocycles. The molecule has 0 spiro atoms. The van der Waals surface area contributed by atoms with Crippen LogP contribution in [0, 0.1) is 0 Å². The molecular formula is C14H24N2S2. The van der Waals surface area contributed by atoms with E-state index in [-0.39, 0.29) is 0 Å². The lowest BCUT2D eigenvalue weighted by atomic mass is 10.0. The Morgan fingerprint density at radius 1 is 1.56 bits per heavy atom. The summed E-state index contributed by atoms with van der Waals surface area (Å²) < 4.78 is 0. The summed E-state index contributed by atoms with van der Waals surface area (Å²) in [7, 11) is 2.28. The number of likely N-dealkylation sites (N-methyl/N-ethyl adjacent to an activating group) is 2. The molecule has 0 aromatic carbocycles. The summed E-state index contributed by atoms with van der Waals surface area (Å²) in [5.74, 6) is 2.56. The topological polar surface area (TPSA) is 15.3 Å². The molecule has 1 aromatic heterocycles. The van der Waals surface area contributed by atoms with Gasteiger partial charge in [0, 0.05) is 35.0 Å². The molecule has 2 unspecified atom stereocenters. The summed E-state index contributed by atoms with van der Waals surface area (Å²) in [5, 5.41) is 5.88. The molecule has 0 saturated carbocycles. The average molecular weight is 284 g/mol. The predicted molar refractivity (Wildman–Crippen MR) is 83.8 cm³/mol. The SMILES string of the molecule is CCNC(CCc1cccs1)C1CSCCN1C. The molecule has 1 saturated heterocycles. The van der Waals surface area contributed by atoms with Gasteiger partial charge in [0.15, 0.2) is 0 Å². The van der Waals surface area contributed by atoms with E-state index in [0.29, 0.717) is 12.1 Å². The first kappa shape index (κ1) is 14.4. The van der Waals surface area contributed by atoms with Gasteiger partial charge in [0.25, 0.3) is 0 Å². The lowest BCUT2D eigenvalue weighted by Gasteiger charge is -2.38. The number of thioether (sulfide) groups is 1. The van der Waals surface area contributed by atoms with Gasteiger partial charge in [-0.15, -0.1) is 11.3 Å². The van der Waals surface area contributed by atoms with Crippen molar-refractivity contribution in [2.24, 2.45) is 0 Å². The second kappa shape index (κ2) is 7.53. The molecule has 1 N–H and O–H groups in total. The van der Waals surface area contributed by atoms with Crippen LogP contribution in [0.4, 0.5) is 0 Å². The monoisotopic (exact) mass is 284 g/mol. The Morgan fingerprint density at radius 2 is 2.44 bits per heavy atom. The van der Waals surface area contributed by atoms with Crippen molar-refractivity contribution < 1.29 is 0 Å². The van der Waals surface area contributed by atoms with E-state index in [1.165, 1.54) is 35.8 Å². The molecule has 0 radical (unpaired) electrons. The van der Waals surface area contributed by atoms with E-state index in [4.69, 9.17) is 0 Å². The molecule has 2 atom stereocenters. The standard InChI is InChI=1S/C14H24N2S2/c1-3-15-13(7-6-12-5-4-9-18-12)14-11-17-10-8-16(14)2/h4-5,9,13-15H,3,6-8,10-11H2,1-2H3. The predicted octanol–water partition coefficient (Wildman–Crippen LogP) is 2.71. The number of hydrogen-bond donors (Lipinski definition) is 1. The molecule has 0 bridgehead atoms. The minimum atomic E-state index is 0.634. The highest BCUT2D eigenvalue weighted by molar-refractivity contribution is 7.99. The number of thiophene rings is 1. The van der Waals surface area contributed by atoms with E-state index < -0.39 is 0 Å². The van der Waals surface area contributed by atoms with E-state index >= 15 is 0 Å². The molecule has 1 aromatic rings. The number of nitrogens with zero attached hydrogens (tertiary/aromatic N) is 1. The molecule has 2 heterocycles. The number of nitrogens with one attached hydrogen (secondary N) is 1. The minimum absolute atomic E-state index is 0.634. The van der Waals surface area contributed by atoms with Crippen LogP contribution in [-0.2, 0) is 6.42 Å². The van der Waals surface area contributed by atoms with Gasteiger partial charge >= 0.3 is 0 Å². The Kier molecular flexibility index (Phi) is 6.02. The van der Waals surface area contributed by atoms with E-state index in [2.05, 4.69) is 53.5 Å². The molecule has 1 fully saturated rings. The number of hydrogen-bond acceptors (Lipinski definition) is 4. The van der Waals surface area contributed by atoms with E-state index in [9.17, 15) is 0 Å². The van der Waals surface area contributed by atoms with Gasteiger partial charge in [-0.3, -0.25) is 0 Å². The van der Waals surface area contributed by atoms with Crippen LogP contribution in [0.1, 0.15) is 18.2 Å². The van der Waals surface area contributed by atoms with Crippen LogP contribution >= 0.6 is 23.1 Å². The minimum Gasteiger partial charge on any atom is -0.313 e. The zero-order valence-electron chi connectivity index (χ0n) is 11.4. The van der Waals surface area contributed by atoms with Gasteiger partial charge in [-0.1, -0.05) is 13.0 Å². The third kappa shape index (κ3) is 3.98. The molecular weight excluding hydrogens is 260 g/mol. The largest absolute Gasteiger partial charge is 0.313 e. The second-order valence-electron chi connectivity index (χ2n) is 4.91. The quantitative estimate of drug-likeness (QED) is 0.865. The fraction of sp³-hybridized carbons (Fsp3) is 0.714. The number of rotatable bonds is 6. The third-order valence-electron chi connectivity index (χ3n) is 3.66. The maximum absolute atomic E-state index is 3.69. The van der Waals surface area contributed by atoms with Gasteiger partial charge in [0.2, 0.25) is 0 Å². The van der Waals surface area contributed by atoms with Crippen LogP contribution in [0.15, 0.2) is 17.5 Å². The van der Waals surface area contributed by atoms with Crippen molar-refractivity contribution in [3.05, 3.63) is 22.4 Å². The maximum Gasteiger partial charge on any atom is 0.0337 e. The van der Waals surface area contributed by atoms with Crippen LogP contribution in [0.3, 0.4) is 0 Å². The first-order valence-electron chi connectivity index (χ1n) is 6.85. The summed E-state index contributed by atoms with van der Waals surface area (Å²) in [6.45, 7) is 4.52. The van der Waals surface area contributed by atoms with Gasteiger partial charge in [-0.2, -0.15) is 11.8 Å². The molecule has 2 rings (SSSR count). The van der Waals surface area contributed by atoms with Crippen molar-refractivity contribution >= 4 is 23.1 Å². The molecule has 0 amide bonds. The normalized spacial score (nSPS) is 23.1. The van der Waals surface area contributed by atoms with Gasteiger partial charge in [0.05, 0.1) is 0 Å². The summed E-state index contributed by atoms with van der Waals surface area (Å²) in [4.78, 5) is 4.06. The van der Waals surface area contributed by atoms with Crippen molar-refractivity contribution in [1.29, 1.82) is 0 Å². The first-order valence-corrected chi connectivity index (χ1v) is 8.88. The Balaban J connectivity index is 1.89. The lowest BCUT2D eigenvalue weighted by Crippen LogP contribution is -2.52. The smallest absolute Gasteiger partial charge is 0.0337 e. The molecule has 4 heteroatoms. The highest BCUT2D eigenvalue weighted by Gasteiger charge is 2.27. The van der Waals surface area contributed by atoms with E-state index in [0.717, 1.165) is 6.54 Å². The average Bonchev–Trinajstić information content (AvgIpc) is 2.88. The van der Waals surface area contributed by atoms with Gasteiger partial charge in [0.1, 0.15) is 0 Å². The van der Waals surface area contributed by atoms with Crippen LogP contribution in [0.2, 0.25) is 0 Å². The van der Waals surface area contributed by atoms with Crippen LogP contribution in [0.5, 0.6) is 0 Å². The highest BCUT2D eigenvalue weighted by atomic mass is 32.2. The number of aryl methyl sites for hydroxylation is 1. The van der Waals surface area contributed by atoms with Crippen LogP contribution in [0.25, 0.3) is 0 Å². The van der Waals surface area contributed by atoms with Crippen LogP contribution < -0.4 is 5.32 Å². The summed E-state index contributed by atoms with van der Waals surface area (Å²) in [5.41, 5.74) is 0. The summed E-state index contributed by atoms with van der Waals surface area (Å²) in [6.07, 6.45) is 2.47. The fourth-order valence-electron chi connectivity index (χ4n) is 2.57. The Labute approximate surface area is 119 Å². The van der Waals surface area contributed by atoms with Crippen LogP contribution in [-0.4, -0.2) is 48.6 Å². The van der Waals surface area contributed by atoms with E-state index in [1.807, 2.05) is 11.3 Å². The zero-order valence-corrected chi connectivity index (χ0v) is 13.0. The van der Waals surface area contributed by atoms with E-state index in [1.54, 1.807) is 0 Å². The summed E-state index contributed by atoms with van der Waals surface area (Å²) in [6, 6.07) is 5.75. The summed E-state index contributed by atoms with van der Waals surface area (Å²) >= 11 is 3.99. The third-order valence-corrected chi connectivity index (χ3v) is 5.64. The molecule has 102 valence electrons. The van der Waals surface area contributed by atoms with Crippen molar-refractivity contribution in [2.75, 3.05) is 31.6 Å².